The number of aromatic nitrogens is 1. The van der Waals surface area contributed by atoms with Crippen LogP contribution >= 0.6 is 0 Å². The number of rotatable bonds is 5. The molecule has 2 aliphatic heterocycles. The zero-order chi connectivity index (χ0) is 29.7. The van der Waals surface area contributed by atoms with E-state index in [9.17, 15) is 40.7 Å². The first-order valence-electron chi connectivity index (χ1n) is 12.6. The highest BCUT2D eigenvalue weighted by Crippen LogP contribution is 2.45. The molecule has 5 nitrogen and oxygen atoms in total. The van der Waals surface area contributed by atoms with Crippen molar-refractivity contribution in [3.63, 3.8) is 0 Å². The molecule has 1 aromatic heterocycles. The van der Waals surface area contributed by atoms with Crippen LogP contribution in [0.4, 0.5) is 30.7 Å². The summed E-state index contributed by atoms with van der Waals surface area (Å²) in [7, 11) is 0. The lowest BCUT2D eigenvalue weighted by atomic mass is 9.84. The number of ether oxygens (including phenoxy) is 1. The summed E-state index contributed by atoms with van der Waals surface area (Å²) in [6, 6.07) is 9.42. The molecule has 41 heavy (non-hydrogen) atoms. The molecule has 1 saturated heterocycles. The molecule has 0 aliphatic carbocycles. The maximum Gasteiger partial charge on any atom is 0.416 e. The van der Waals surface area contributed by atoms with Gasteiger partial charge in [-0.05, 0) is 66.4 Å². The first-order chi connectivity index (χ1) is 19.2. The van der Waals surface area contributed by atoms with Crippen molar-refractivity contribution in [2.75, 3.05) is 6.54 Å². The Kier molecular flexibility index (Phi) is 7.31. The fraction of sp³-hybridized carbons (Fsp3) is 0.310. The Morgan fingerprint density at radius 1 is 1.00 bits per heavy atom. The van der Waals surface area contributed by atoms with Crippen molar-refractivity contribution < 1.29 is 45.0 Å². The molecular formula is C29H23F7N2O3. The highest BCUT2D eigenvalue weighted by molar-refractivity contribution is 5.97. The lowest BCUT2D eigenvalue weighted by molar-refractivity contribution is -0.605. The maximum absolute atomic E-state index is 13.8. The molecule has 1 unspecified atom stereocenters. The smallest absolute Gasteiger partial charge is 0.416 e. The zero-order valence-electron chi connectivity index (χ0n) is 21.4. The third kappa shape index (κ3) is 5.92. The minimum absolute atomic E-state index is 0.00109. The molecule has 3 heterocycles. The average molecular weight is 581 g/mol. The van der Waals surface area contributed by atoms with Crippen LogP contribution in [0.15, 0.2) is 73.1 Å². The van der Waals surface area contributed by atoms with Gasteiger partial charge in [0.05, 0.1) is 23.3 Å². The van der Waals surface area contributed by atoms with Gasteiger partial charge in [-0.3, -0.25) is 4.79 Å². The van der Waals surface area contributed by atoms with Crippen molar-refractivity contribution >= 4 is 11.5 Å². The van der Waals surface area contributed by atoms with Crippen LogP contribution in [-0.2, 0) is 21.9 Å². The lowest BCUT2D eigenvalue weighted by Gasteiger charge is -2.32. The molecule has 1 fully saturated rings. The second-order valence-corrected chi connectivity index (χ2v) is 10.1. The molecule has 0 spiro atoms. The summed E-state index contributed by atoms with van der Waals surface area (Å²) in [4.78, 5) is 14.7. The number of hydrogen-bond donors (Lipinski definition) is 0. The van der Waals surface area contributed by atoms with Crippen molar-refractivity contribution in [3.05, 3.63) is 112 Å². The number of hydrogen-bond acceptors (Lipinski definition) is 3. The largest absolute Gasteiger partial charge is 0.619 e. The van der Waals surface area contributed by atoms with E-state index in [4.69, 9.17) is 4.74 Å². The van der Waals surface area contributed by atoms with Gasteiger partial charge in [-0.15, -0.1) is 0 Å². The minimum Gasteiger partial charge on any atom is -0.619 e. The average Bonchev–Trinajstić information content (AvgIpc) is 3.26. The van der Waals surface area contributed by atoms with Gasteiger partial charge in [0.15, 0.2) is 12.4 Å². The van der Waals surface area contributed by atoms with Gasteiger partial charge in [0.25, 0.3) is 0 Å². The van der Waals surface area contributed by atoms with E-state index in [0.717, 1.165) is 0 Å². The maximum atomic E-state index is 13.8. The van der Waals surface area contributed by atoms with Gasteiger partial charge >= 0.3 is 12.4 Å². The molecule has 0 radical (unpaired) electrons. The number of halogens is 7. The second-order valence-electron chi connectivity index (χ2n) is 10.1. The Morgan fingerprint density at radius 3 is 2.22 bits per heavy atom. The fourth-order valence-corrected chi connectivity index (χ4v) is 5.54. The van der Waals surface area contributed by atoms with Gasteiger partial charge in [-0.2, -0.15) is 31.1 Å². The number of carbonyl (C=O) groups excluding carboxylic acids is 1. The summed E-state index contributed by atoms with van der Waals surface area (Å²) in [6.07, 6.45) is -7.82. The topological polar surface area (TPSA) is 56.5 Å². The van der Waals surface area contributed by atoms with Gasteiger partial charge in [0, 0.05) is 36.2 Å². The predicted molar refractivity (Wildman–Crippen MR) is 132 cm³/mol. The number of nitrogens with zero attached hydrogens (tertiary/aromatic N) is 2. The zero-order valence-corrected chi connectivity index (χ0v) is 21.4. The van der Waals surface area contributed by atoms with Crippen molar-refractivity contribution in [3.8, 4) is 0 Å². The van der Waals surface area contributed by atoms with Crippen molar-refractivity contribution in [1.82, 2.24) is 4.90 Å². The lowest BCUT2D eigenvalue weighted by Crippen LogP contribution is -2.39. The molecule has 4 atom stereocenters. The van der Waals surface area contributed by atoms with E-state index in [1.165, 1.54) is 60.6 Å². The minimum atomic E-state index is -5.02. The third-order valence-electron chi connectivity index (χ3n) is 7.46. The highest BCUT2D eigenvalue weighted by Gasteiger charge is 2.48. The monoisotopic (exact) mass is 580 g/mol. The number of fused-ring (bicyclic) bond motifs is 1. The number of benzene rings is 2. The van der Waals surface area contributed by atoms with E-state index in [2.05, 4.69) is 0 Å². The van der Waals surface area contributed by atoms with Crippen LogP contribution in [0.5, 0.6) is 0 Å². The normalized spacial score (nSPS) is 22.0. The Bertz CT molecular complexity index is 1450. The Morgan fingerprint density at radius 2 is 1.63 bits per heavy atom. The van der Waals surface area contributed by atoms with Crippen LogP contribution in [0.25, 0.3) is 5.57 Å². The van der Waals surface area contributed by atoms with Crippen LogP contribution in [0.1, 0.15) is 53.2 Å². The van der Waals surface area contributed by atoms with Crippen molar-refractivity contribution in [2.24, 2.45) is 0 Å². The number of pyridine rings is 1. The third-order valence-corrected chi connectivity index (χ3v) is 7.46. The van der Waals surface area contributed by atoms with Crippen LogP contribution in [-0.4, -0.2) is 29.5 Å². The van der Waals surface area contributed by atoms with E-state index in [-0.39, 0.29) is 30.5 Å². The van der Waals surface area contributed by atoms with Crippen LogP contribution in [0.3, 0.4) is 0 Å². The number of amides is 1. The van der Waals surface area contributed by atoms with E-state index >= 15 is 0 Å². The van der Waals surface area contributed by atoms with Crippen molar-refractivity contribution in [2.45, 2.75) is 49.9 Å². The van der Waals surface area contributed by atoms with Gasteiger partial charge in [-0.1, -0.05) is 12.1 Å². The van der Waals surface area contributed by atoms with Gasteiger partial charge in [0.1, 0.15) is 5.82 Å². The second kappa shape index (κ2) is 10.5. The molecule has 0 bridgehead atoms. The summed E-state index contributed by atoms with van der Waals surface area (Å²) >= 11 is 0. The summed E-state index contributed by atoms with van der Waals surface area (Å²) in [5, 5.41) is 11.8. The molecule has 2 aliphatic rings. The number of alkyl halides is 6. The highest BCUT2D eigenvalue weighted by atomic mass is 19.4. The quantitative estimate of drug-likeness (QED) is 0.199. The molecule has 216 valence electrons. The Labute approximate surface area is 230 Å². The van der Waals surface area contributed by atoms with Crippen LogP contribution in [0, 0.1) is 11.0 Å². The predicted octanol–water partition coefficient (Wildman–Crippen LogP) is 6.42. The van der Waals surface area contributed by atoms with Gasteiger partial charge < -0.3 is 14.8 Å². The first kappa shape index (κ1) is 28.6. The van der Waals surface area contributed by atoms with Crippen LogP contribution in [0.2, 0.25) is 0 Å². The molecule has 2 aromatic carbocycles. The Balaban J connectivity index is 1.50. The molecule has 12 heteroatoms. The summed E-state index contributed by atoms with van der Waals surface area (Å²) in [5.41, 5.74) is -1.57. The van der Waals surface area contributed by atoms with E-state index < -0.39 is 53.5 Å². The molecule has 0 saturated carbocycles. The van der Waals surface area contributed by atoms with E-state index in [1.54, 1.807) is 6.07 Å². The molecule has 0 N–H and O–H groups in total. The Hall–Kier alpha value is -3.93. The molecule has 3 aromatic rings. The van der Waals surface area contributed by atoms with E-state index in [0.29, 0.717) is 33.6 Å². The molecule has 5 rings (SSSR count). The molecular weight excluding hydrogens is 557 g/mol. The fourth-order valence-electron chi connectivity index (χ4n) is 5.54. The van der Waals surface area contributed by atoms with Crippen LogP contribution < -0.4 is 4.73 Å². The summed E-state index contributed by atoms with van der Waals surface area (Å²) in [6.45, 7) is 1.35. The van der Waals surface area contributed by atoms with Gasteiger partial charge in [-0.25, -0.2) is 4.39 Å². The van der Waals surface area contributed by atoms with Gasteiger partial charge in [0.2, 0.25) is 5.91 Å². The van der Waals surface area contributed by atoms with E-state index in [1.807, 2.05) is 0 Å². The first-order valence-corrected chi connectivity index (χ1v) is 12.6. The number of carbonyl (C=O) groups is 1. The SMILES string of the molecule is C[C@@H](OC1CN2C(=O)C=C(c3ccc[n+]([O-])c3)C[C@H]2[C@@H]1c1ccc(F)cc1)c1cc(C(F)(F)F)cc(C(F)(F)F)c1. The van der Waals surface area contributed by atoms with Crippen molar-refractivity contribution in [1.29, 1.82) is 0 Å². The molecule has 1 amide bonds. The summed E-state index contributed by atoms with van der Waals surface area (Å²) in [5.74, 6) is -1.49. The summed E-state index contributed by atoms with van der Waals surface area (Å²) < 4.78 is 101. The standard InChI is InChI=1S/C29H23F7N2O3/c1-16(19-9-21(28(31,32)33)13-22(10-19)29(34,35)36)41-25-15-38-24(27(25)17-4-6-23(30)7-5-17)11-20(12-26(38)39)18-3-2-8-37(40)14-18/h2-10,12-14,16,24-25,27H,11,15H2,1H3/t16-,24+,25?,27+/m1/s1.